The topological polar surface area (TPSA) is 73.2 Å². The molecule has 2 rings (SSSR count). The Morgan fingerprint density at radius 1 is 1.19 bits per heavy atom. The lowest BCUT2D eigenvalue weighted by molar-refractivity contribution is -0.137. The highest BCUT2D eigenvalue weighted by Crippen LogP contribution is 2.30. The number of aromatic nitrogens is 2. The van der Waals surface area contributed by atoms with Crippen molar-refractivity contribution in [2.75, 3.05) is 13.2 Å². The van der Waals surface area contributed by atoms with Crippen LogP contribution in [0.25, 0.3) is 0 Å². The highest BCUT2D eigenvalue weighted by molar-refractivity contribution is 5.91. The molecule has 1 aromatic carbocycles. The van der Waals surface area contributed by atoms with Crippen molar-refractivity contribution in [1.29, 1.82) is 0 Å². The Kier molecular flexibility index (Phi) is 6.98. The van der Waals surface area contributed by atoms with E-state index in [1.165, 1.54) is 28.9 Å². The van der Waals surface area contributed by atoms with Crippen LogP contribution in [0.15, 0.2) is 41.2 Å². The van der Waals surface area contributed by atoms with Gasteiger partial charge in [-0.15, -0.1) is 0 Å². The van der Waals surface area contributed by atoms with Crippen molar-refractivity contribution >= 4 is 5.91 Å². The van der Waals surface area contributed by atoms with Gasteiger partial charge < -0.3 is 10.1 Å². The first-order chi connectivity index (χ1) is 12.8. The van der Waals surface area contributed by atoms with Crippen LogP contribution < -0.4 is 15.6 Å². The SMILES string of the molecule is CCCCn1nc(C(=O)NCCOc2ccc(C(F)(F)F)cc2)ccc1=O. The Hall–Kier alpha value is -2.84. The van der Waals surface area contributed by atoms with E-state index in [0.29, 0.717) is 6.54 Å². The van der Waals surface area contributed by atoms with E-state index in [2.05, 4.69) is 10.4 Å². The lowest BCUT2D eigenvalue weighted by atomic mass is 10.2. The number of carbonyl (C=O) groups is 1. The van der Waals surface area contributed by atoms with E-state index in [1.807, 2.05) is 6.92 Å². The summed E-state index contributed by atoms with van der Waals surface area (Å²) in [6.45, 7) is 2.63. The van der Waals surface area contributed by atoms with Crippen molar-refractivity contribution < 1.29 is 22.7 Å². The fraction of sp³-hybridized carbons (Fsp3) is 0.389. The van der Waals surface area contributed by atoms with Gasteiger partial charge in [-0.3, -0.25) is 9.59 Å². The molecule has 1 heterocycles. The van der Waals surface area contributed by atoms with Crippen molar-refractivity contribution in [3.05, 3.63) is 58.0 Å². The molecule has 27 heavy (non-hydrogen) atoms. The third-order valence-electron chi connectivity index (χ3n) is 3.66. The van der Waals surface area contributed by atoms with Gasteiger partial charge in [0.1, 0.15) is 18.1 Å². The van der Waals surface area contributed by atoms with E-state index in [4.69, 9.17) is 4.74 Å². The number of benzene rings is 1. The molecule has 0 aliphatic carbocycles. The van der Waals surface area contributed by atoms with Gasteiger partial charge in [-0.1, -0.05) is 13.3 Å². The molecule has 1 aromatic heterocycles. The number of ether oxygens (including phenoxy) is 1. The highest BCUT2D eigenvalue weighted by Gasteiger charge is 2.29. The third-order valence-corrected chi connectivity index (χ3v) is 3.66. The maximum Gasteiger partial charge on any atom is 0.416 e. The van der Waals surface area contributed by atoms with Crippen LogP contribution in [0.4, 0.5) is 13.2 Å². The average Bonchev–Trinajstić information content (AvgIpc) is 2.64. The fourth-order valence-electron chi connectivity index (χ4n) is 2.20. The van der Waals surface area contributed by atoms with Crippen molar-refractivity contribution in [2.45, 2.75) is 32.5 Å². The number of amides is 1. The number of alkyl halides is 3. The maximum atomic E-state index is 12.5. The molecule has 0 atom stereocenters. The van der Waals surface area contributed by atoms with Gasteiger partial charge in [-0.25, -0.2) is 4.68 Å². The Labute approximate surface area is 154 Å². The number of nitrogens with zero attached hydrogens (tertiary/aromatic N) is 2. The van der Waals surface area contributed by atoms with Gasteiger partial charge in [0, 0.05) is 12.6 Å². The van der Waals surface area contributed by atoms with Crippen LogP contribution in [0.3, 0.4) is 0 Å². The molecule has 0 aliphatic rings. The van der Waals surface area contributed by atoms with Gasteiger partial charge in [0.2, 0.25) is 0 Å². The smallest absolute Gasteiger partial charge is 0.416 e. The van der Waals surface area contributed by atoms with Gasteiger partial charge >= 0.3 is 6.18 Å². The second-order valence-corrected chi connectivity index (χ2v) is 5.76. The first kappa shape index (κ1) is 20.5. The normalized spacial score (nSPS) is 11.3. The van der Waals surface area contributed by atoms with E-state index in [-0.39, 0.29) is 30.2 Å². The fourth-order valence-corrected chi connectivity index (χ4v) is 2.20. The third kappa shape index (κ3) is 6.12. The molecule has 146 valence electrons. The summed E-state index contributed by atoms with van der Waals surface area (Å²) in [5, 5.41) is 6.61. The minimum atomic E-state index is -4.40. The van der Waals surface area contributed by atoms with Crippen LogP contribution in [0.1, 0.15) is 35.8 Å². The van der Waals surface area contributed by atoms with Crippen LogP contribution in [-0.2, 0) is 12.7 Å². The zero-order valence-electron chi connectivity index (χ0n) is 14.8. The van der Waals surface area contributed by atoms with Gasteiger partial charge in [-0.05, 0) is 36.8 Å². The van der Waals surface area contributed by atoms with Crippen molar-refractivity contribution in [3.63, 3.8) is 0 Å². The molecule has 0 unspecified atom stereocenters. The highest BCUT2D eigenvalue weighted by atomic mass is 19.4. The summed E-state index contributed by atoms with van der Waals surface area (Å²) in [6.07, 6.45) is -2.72. The molecule has 0 spiro atoms. The summed E-state index contributed by atoms with van der Waals surface area (Å²) >= 11 is 0. The predicted molar refractivity (Wildman–Crippen MR) is 92.7 cm³/mol. The summed E-state index contributed by atoms with van der Waals surface area (Å²) < 4.78 is 44.0. The molecule has 0 aliphatic heterocycles. The Balaban J connectivity index is 1.83. The molecular formula is C18H20F3N3O3. The number of rotatable bonds is 8. The number of hydrogen-bond acceptors (Lipinski definition) is 4. The average molecular weight is 383 g/mol. The van der Waals surface area contributed by atoms with Crippen LogP contribution in [-0.4, -0.2) is 28.8 Å². The van der Waals surface area contributed by atoms with E-state index < -0.39 is 17.6 Å². The maximum absolute atomic E-state index is 12.5. The van der Waals surface area contributed by atoms with Crippen molar-refractivity contribution in [3.8, 4) is 5.75 Å². The zero-order valence-corrected chi connectivity index (χ0v) is 14.8. The molecule has 6 nitrogen and oxygen atoms in total. The lowest BCUT2D eigenvalue weighted by Crippen LogP contribution is -2.32. The van der Waals surface area contributed by atoms with E-state index >= 15 is 0 Å². The van der Waals surface area contributed by atoms with Gasteiger partial charge in [0.05, 0.1) is 12.1 Å². The summed E-state index contributed by atoms with van der Waals surface area (Å²) in [7, 11) is 0. The largest absolute Gasteiger partial charge is 0.492 e. The Bertz CT molecular complexity index is 817. The minimum Gasteiger partial charge on any atom is -0.492 e. The molecule has 2 aromatic rings. The molecule has 0 fully saturated rings. The zero-order chi connectivity index (χ0) is 19.9. The van der Waals surface area contributed by atoms with E-state index in [0.717, 1.165) is 25.0 Å². The molecule has 0 saturated carbocycles. The van der Waals surface area contributed by atoms with E-state index in [9.17, 15) is 22.8 Å². The Morgan fingerprint density at radius 2 is 1.89 bits per heavy atom. The first-order valence-electron chi connectivity index (χ1n) is 8.47. The summed E-state index contributed by atoms with van der Waals surface area (Å²) in [5.74, 6) is -0.195. The molecule has 0 radical (unpaired) electrons. The molecule has 9 heteroatoms. The predicted octanol–water partition coefficient (Wildman–Crippen LogP) is 2.87. The first-order valence-corrected chi connectivity index (χ1v) is 8.47. The number of hydrogen-bond donors (Lipinski definition) is 1. The number of nitrogens with one attached hydrogen (secondary N) is 1. The Morgan fingerprint density at radius 3 is 2.52 bits per heavy atom. The van der Waals surface area contributed by atoms with Crippen LogP contribution in [0.5, 0.6) is 5.75 Å². The van der Waals surface area contributed by atoms with Crippen molar-refractivity contribution in [1.82, 2.24) is 15.1 Å². The van der Waals surface area contributed by atoms with Crippen molar-refractivity contribution in [2.24, 2.45) is 0 Å². The molecule has 0 saturated heterocycles. The van der Waals surface area contributed by atoms with E-state index in [1.54, 1.807) is 0 Å². The molecular weight excluding hydrogens is 363 g/mol. The van der Waals surface area contributed by atoms with Crippen LogP contribution in [0, 0.1) is 0 Å². The molecule has 1 N–H and O–H groups in total. The quantitative estimate of drug-likeness (QED) is 0.712. The monoisotopic (exact) mass is 383 g/mol. The van der Waals surface area contributed by atoms with Gasteiger partial charge in [0.15, 0.2) is 0 Å². The van der Waals surface area contributed by atoms with Gasteiger partial charge in [0.25, 0.3) is 11.5 Å². The van der Waals surface area contributed by atoms with Gasteiger partial charge in [-0.2, -0.15) is 18.3 Å². The summed E-state index contributed by atoms with van der Waals surface area (Å²) in [4.78, 5) is 23.8. The summed E-state index contributed by atoms with van der Waals surface area (Å²) in [6, 6.07) is 6.92. The second kappa shape index (κ2) is 9.20. The number of aryl methyl sites for hydroxylation is 1. The van der Waals surface area contributed by atoms with Crippen LogP contribution in [0.2, 0.25) is 0 Å². The standard InChI is InChI=1S/C18H20F3N3O3/c1-2-3-11-24-16(25)9-8-15(23-24)17(26)22-10-12-27-14-6-4-13(5-7-14)18(19,20)21/h4-9H,2-3,10-12H2,1H3,(H,22,26). The molecule has 1 amide bonds. The number of halogens is 3. The lowest BCUT2D eigenvalue weighted by Gasteiger charge is -2.10. The van der Waals surface area contributed by atoms with Crippen LogP contribution >= 0.6 is 0 Å². The number of unbranched alkanes of at least 4 members (excludes halogenated alkanes) is 1. The molecule has 0 bridgehead atoms. The second-order valence-electron chi connectivity index (χ2n) is 5.76. The summed E-state index contributed by atoms with van der Waals surface area (Å²) in [5.41, 5.74) is -0.918. The minimum absolute atomic E-state index is 0.0760. The number of carbonyl (C=O) groups excluding carboxylic acids is 1.